The largest absolute Gasteiger partial charge is 0.256 e. The van der Waals surface area contributed by atoms with E-state index >= 15 is 4.39 Å². The number of allylic oxidation sites excluding steroid dienone is 1. The van der Waals surface area contributed by atoms with Crippen LogP contribution in [-0.4, -0.2) is 4.98 Å². The molecule has 0 amide bonds. The Morgan fingerprint density at radius 3 is 2.42 bits per heavy atom. The Hall–Kier alpha value is -3.91. The average Bonchev–Trinajstić information content (AvgIpc) is 2.82. The quantitative estimate of drug-likeness (QED) is 0.286. The van der Waals surface area contributed by atoms with Gasteiger partial charge in [0.05, 0.1) is 5.69 Å². The van der Waals surface area contributed by atoms with E-state index in [0.717, 1.165) is 47.2 Å². The lowest BCUT2D eigenvalue weighted by molar-refractivity contribution is 0.572. The molecule has 0 aliphatic rings. The zero-order valence-electron chi connectivity index (χ0n) is 17.9. The second kappa shape index (κ2) is 9.70. The molecule has 0 saturated carbocycles. The van der Waals surface area contributed by atoms with E-state index in [1.54, 1.807) is 18.3 Å². The fraction of sp³-hybridized carbons (Fsp3) is 0.143. The van der Waals surface area contributed by atoms with Gasteiger partial charge in [0, 0.05) is 17.1 Å². The van der Waals surface area contributed by atoms with E-state index in [4.69, 9.17) is 5.26 Å². The Labute approximate surface area is 190 Å². The molecule has 1 heterocycles. The Bertz CT molecular complexity index is 1360. The normalized spacial score (nSPS) is 10.8. The van der Waals surface area contributed by atoms with E-state index in [0.29, 0.717) is 16.5 Å². The van der Waals surface area contributed by atoms with Gasteiger partial charge in [-0.05, 0) is 72.0 Å². The number of benzene rings is 3. The number of fused-ring (bicyclic) bond motifs is 1. The van der Waals surface area contributed by atoms with E-state index in [1.165, 1.54) is 6.07 Å². The summed E-state index contributed by atoms with van der Waals surface area (Å²) in [5.74, 6) is -2.15. The van der Waals surface area contributed by atoms with Crippen LogP contribution in [0.15, 0.2) is 73.4 Å². The minimum atomic E-state index is -0.902. The van der Waals surface area contributed by atoms with E-state index in [2.05, 4.69) is 11.6 Å². The minimum Gasteiger partial charge on any atom is -0.256 e. The van der Waals surface area contributed by atoms with E-state index < -0.39 is 17.2 Å². The van der Waals surface area contributed by atoms with Gasteiger partial charge in [-0.3, -0.25) is 4.98 Å². The van der Waals surface area contributed by atoms with Crippen LogP contribution < -0.4 is 0 Å². The van der Waals surface area contributed by atoms with E-state index in [1.807, 2.05) is 36.4 Å². The third-order valence-corrected chi connectivity index (χ3v) is 5.71. The van der Waals surface area contributed by atoms with E-state index in [-0.39, 0.29) is 18.7 Å². The van der Waals surface area contributed by atoms with Crippen molar-refractivity contribution in [3.05, 3.63) is 113 Å². The SMILES string of the molecule is C=CCCc1cccnc1-c1ccc2c(F)c(CCc3cc(F)c(C#N)c(F)c3)ccc2c1. The summed E-state index contributed by atoms with van der Waals surface area (Å²) < 4.78 is 42.9. The van der Waals surface area contributed by atoms with Crippen molar-refractivity contribution >= 4 is 10.8 Å². The topological polar surface area (TPSA) is 36.7 Å². The molecule has 0 saturated heterocycles. The smallest absolute Gasteiger partial charge is 0.144 e. The molecule has 1 aromatic heterocycles. The zero-order valence-corrected chi connectivity index (χ0v) is 17.9. The average molecular weight is 442 g/mol. The first-order valence-electron chi connectivity index (χ1n) is 10.7. The van der Waals surface area contributed by atoms with Gasteiger partial charge < -0.3 is 0 Å². The van der Waals surface area contributed by atoms with Gasteiger partial charge in [0.15, 0.2) is 0 Å². The van der Waals surface area contributed by atoms with Crippen molar-refractivity contribution in [1.82, 2.24) is 4.98 Å². The second-order valence-corrected chi connectivity index (χ2v) is 7.86. The summed E-state index contributed by atoms with van der Waals surface area (Å²) in [6.45, 7) is 3.78. The summed E-state index contributed by atoms with van der Waals surface area (Å²) in [6.07, 6.45) is 5.82. The number of hydrogen-bond acceptors (Lipinski definition) is 2. The predicted molar refractivity (Wildman–Crippen MR) is 124 cm³/mol. The second-order valence-electron chi connectivity index (χ2n) is 7.86. The van der Waals surface area contributed by atoms with Gasteiger partial charge in [-0.25, -0.2) is 13.2 Å². The molecule has 0 unspecified atom stereocenters. The molecule has 0 atom stereocenters. The van der Waals surface area contributed by atoms with Crippen LogP contribution >= 0.6 is 0 Å². The first kappa shape index (κ1) is 22.3. The first-order valence-corrected chi connectivity index (χ1v) is 10.7. The number of hydrogen-bond donors (Lipinski definition) is 0. The maximum atomic E-state index is 15.2. The summed E-state index contributed by atoms with van der Waals surface area (Å²) in [6, 6.07) is 16.8. The van der Waals surface area contributed by atoms with Gasteiger partial charge in [-0.15, -0.1) is 6.58 Å². The highest BCUT2D eigenvalue weighted by Crippen LogP contribution is 2.29. The van der Waals surface area contributed by atoms with Gasteiger partial charge in [0.1, 0.15) is 29.1 Å². The molecule has 0 aliphatic heterocycles. The molecule has 0 bridgehead atoms. The fourth-order valence-corrected chi connectivity index (χ4v) is 3.99. The van der Waals surface area contributed by atoms with Gasteiger partial charge >= 0.3 is 0 Å². The zero-order chi connectivity index (χ0) is 23.4. The number of aryl methyl sites for hydroxylation is 3. The van der Waals surface area contributed by atoms with Gasteiger partial charge in [0.2, 0.25) is 0 Å². The summed E-state index contributed by atoms with van der Waals surface area (Å²) in [4.78, 5) is 4.53. The summed E-state index contributed by atoms with van der Waals surface area (Å²) in [5.41, 5.74) is 3.13. The molecular weight excluding hydrogens is 421 g/mol. The molecule has 0 aliphatic carbocycles. The maximum absolute atomic E-state index is 15.2. The maximum Gasteiger partial charge on any atom is 0.144 e. The molecule has 4 aromatic rings. The van der Waals surface area contributed by atoms with Crippen molar-refractivity contribution in [3.63, 3.8) is 0 Å². The van der Waals surface area contributed by atoms with Crippen LogP contribution in [0.25, 0.3) is 22.0 Å². The number of rotatable bonds is 7. The molecular formula is C28H21F3N2. The molecule has 5 heteroatoms. The lowest BCUT2D eigenvalue weighted by Gasteiger charge is -2.11. The predicted octanol–water partition coefficient (Wildman–Crippen LogP) is 7.09. The molecule has 164 valence electrons. The Kier molecular flexibility index (Phi) is 6.55. The Morgan fingerprint density at radius 1 is 0.909 bits per heavy atom. The molecule has 0 N–H and O–H groups in total. The Morgan fingerprint density at radius 2 is 1.70 bits per heavy atom. The number of aromatic nitrogens is 1. The van der Waals surface area contributed by atoms with Crippen LogP contribution in [0.5, 0.6) is 0 Å². The first-order chi connectivity index (χ1) is 16.0. The molecule has 0 radical (unpaired) electrons. The molecule has 4 rings (SSSR count). The number of nitriles is 1. The summed E-state index contributed by atoms with van der Waals surface area (Å²) in [5, 5.41) is 10.0. The third kappa shape index (κ3) is 4.65. The Balaban J connectivity index is 1.61. The standard InChI is InChI=1S/C28H21F3N2/c1-2-3-5-20-6-4-13-33-28(20)22-11-12-23-21(16-22)10-9-19(27(23)31)8-7-18-14-25(29)24(17-32)26(30)15-18/h2,4,6,9-16H,1,3,5,7-8H2. The fourth-order valence-electron chi connectivity index (χ4n) is 3.99. The molecule has 2 nitrogen and oxygen atoms in total. The molecule has 3 aromatic carbocycles. The van der Waals surface area contributed by atoms with Crippen LogP contribution in [0.2, 0.25) is 0 Å². The highest BCUT2D eigenvalue weighted by Gasteiger charge is 2.13. The van der Waals surface area contributed by atoms with Crippen LogP contribution in [0.3, 0.4) is 0 Å². The number of halogens is 3. The van der Waals surface area contributed by atoms with Crippen molar-refractivity contribution in [2.75, 3.05) is 0 Å². The lowest BCUT2D eigenvalue weighted by atomic mass is 9.96. The van der Waals surface area contributed by atoms with Crippen molar-refractivity contribution < 1.29 is 13.2 Å². The molecule has 0 spiro atoms. The van der Waals surface area contributed by atoms with Crippen LogP contribution in [0.4, 0.5) is 13.2 Å². The van der Waals surface area contributed by atoms with Crippen LogP contribution in [0, 0.1) is 28.8 Å². The molecule has 0 fully saturated rings. The molecule has 33 heavy (non-hydrogen) atoms. The monoisotopic (exact) mass is 442 g/mol. The highest BCUT2D eigenvalue weighted by molar-refractivity contribution is 5.88. The lowest BCUT2D eigenvalue weighted by Crippen LogP contribution is -1.99. The third-order valence-electron chi connectivity index (χ3n) is 5.71. The minimum absolute atomic E-state index is 0.251. The van der Waals surface area contributed by atoms with Crippen molar-refractivity contribution in [3.8, 4) is 17.3 Å². The number of nitrogens with zero attached hydrogens (tertiary/aromatic N) is 2. The van der Waals surface area contributed by atoms with Gasteiger partial charge in [-0.1, -0.05) is 36.4 Å². The van der Waals surface area contributed by atoms with Crippen molar-refractivity contribution in [1.29, 1.82) is 5.26 Å². The van der Waals surface area contributed by atoms with Gasteiger partial charge in [-0.2, -0.15) is 5.26 Å². The highest BCUT2D eigenvalue weighted by atomic mass is 19.1. The summed E-state index contributed by atoms with van der Waals surface area (Å²) >= 11 is 0. The van der Waals surface area contributed by atoms with Crippen molar-refractivity contribution in [2.45, 2.75) is 25.7 Å². The van der Waals surface area contributed by atoms with E-state index in [9.17, 15) is 8.78 Å². The van der Waals surface area contributed by atoms with Gasteiger partial charge in [0.25, 0.3) is 0 Å². The summed E-state index contributed by atoms with van der Waals surface area (Å²) in [7, 11) is 0. The number of pyridine rings is 1. The van der Waals surface area contributed by atoms with Crippen molar-refractivity contribution in [2.24, 2.45) is 0 Å². The van der Waals surface area contributed by atoms with Crippen LogP contribution in [0.1, 0.15) is 28.7 Å². The van der Waals surface area contributed by atoms with Crippen LogP contribution in [-0.2, 0) is 19.3 Å².